The Morgan fingerprint density at radius 2 is 1.66 bits per heavy atom. The van der Waals surface area contributed by atoms with Gasteiger partial charge in [-0.05, 0) is 62.2 Å². The van der Waals surface area contributed by atoms with E-state index in [1.165, 1.54) is 19.2 Å². The van der Waals surface area contributed by atoms with Gasteiger partial charge in [0.25, 0.3) is 0 Å². The van der Waals surface area contributed by atoms with Crippen LogP contribution in [0.5, 0.6) is 11.5 Å². The highest BCUT2D eigenvalue weighted by Crippen LogP contribution is 2.41. The van der Waals surface area contributed by atoms with Crippen LogP contribution >= 0.6 is 0 Å². The van der Waals surface area contributed by atoms with Gasteiger partial charge in [0, 0.05) is 30.4 Å². The molecule has 2 N–H and O–H groups in total. The average Bonchev–Trinajstić information content (AvgIpc) is 3.32. The van der Waals surface area contributed by atoms with E-state index in [2.05, 4.69) is 12.2 Å². The van der Waals surface area contributed by atoms with E-state index in [1.807, 2.05) is 38.1 Å². The number of amides is 1. The molecule has 0 aliphatic carbocycles. The molecule has 1 saturated heterocycles. The van der Waals surface area contributed by atoms with E-state index in [0.717, 1.165) is 36.1 Å². The number of hydrogen-bond acceptors (Lipinski definition) is 5. The number of carbonyl (C=O) groups is 2. The summed E-state index contributed by atoms with van der Waals surface area (Å²) < 4.78 is 30.5. The minimum Gasteiger partial charge on any atom is -0.493 e. The van der Waals surface area contributed by atoms with Crippen LogP contribution in [0.2, 0.25) is 0 Å². The number of hydrogen-bond donors (Lipinski definition) is 1. The van der Waals surface area contributed by atoms with Crippen molar-refractivity contribution in [1.29, 1.82) is 0 Å². The molecule has 0 spiro atoms. The summed E-state index contributed by atoms with van der Waals surface area (Å²) in [6, 6.07) is 17.5. The van der Waals surface area contributed by atoms with Gasteiger partial charge in [0.2, 0.25) is 5.91 Å². The van der Waals surface area contributed by atoms with Crippen LogP contribution in [-0.4, -0.2) is 45.3 Å². The molecule has 0 aromatic heterocycles. The monoisotopic (exact) mass is 563 g/mol. The Bertz CT molecular complexity index is 1330. The zero-order chi connectivity index (χ0) is 29.4. The topological polar surface area (TPSA) is 81.7 Å². The van der Waals surface area contributed by atoms with Crippen LogP contribution in [0.3, 0.4) is 0 Å². The molecular weight excluding hydrogens is 523 g/mol. The number of quaternary nitrogens is 1. The maximum absolute atomic E-state index is 13.6. The van der Waals surface area contributed by atoms with Gasteiger partial charge in [0.15, 0.2) is 0 Å². The number of nitrogens with two attached hydrogens (primary N) is 1. The molecule has 0 bridgehead atoms. The molecule has 0 radical (unpaired) electrons. The van der Waals surface area contributed by atoms with Crippen molar-refractivity contribution < 1.29 is 33.5 Å². The van der Waals surface area contributed by atoms with Crippen molar-refractivity contribution in [2.24, 2.45) is 5.41 Å². The van der Waals surface area contributed by atoms with E-state index in [0.29, 0.717) is 55.5 Å². The molecule has 0 saturated carbocycles. The SMILES string of the molecule is CCOc1cc(C[NH2+]CCC2(CC)CC(=O)N(c3ccccc3C(=O)OC)C2)cc(OCC)c1-c1ccc(F)cc1. The number of carbonyl (C=O) groups excluding carboxylic acids is 2. The molecule has 1 heterocycles. The Kier molecular flexibility index (Phi) is 10.00. The molecule has 1 aliphatic rings. The summed E-state index contributed by atoms with van der Waals surface area (Å²) in [5, 5.41) is 2.24. The fourth-order valence-electron chi connectivity index (χ4n) is 5.57. The molecule has 1 amide bonds. The summed E-state index contributed by atoms with van der Waals surface area (Å²) >= 11 is 0. The molecule has 8 heteroatoms. The molecule has 7 nitrogen and oxygen atoms in total. The van der Waals surface area contributed by atoms with E-state index < -0.39 is 5.97 Å². The largest absolute Gasteiger partial charge is 0.493 e. The molecule has 1 unspecified atom stereocenters. The Balaban J connectivity index is 1.47. The fraction of sp³-hybridized carbons (Fsp3) is 0.394. The zero-order valence-electron chi connectivity index (χ0n) is 24.4. The number of benzene rings is 3. The van der Waals surface area contributed by atoms with Gasteiger partial charge in [-0.3, -0.25) is 4.79 Å². The molecular formula is C33H40FN2O5+. The van der Waals surface area contributed by atoms with Gasteiger partial charge < -0.3 is 24.4 Å². The first-order valence-corrected chi connectivity index (χ1v) is 14.3. The number of anilines is 1. The van der Waals surface area contributed by atoms with Crippen molar-refractivity contribution in [2.75, 3.05) is 38.3 Å². The standard InChI is InChI=1S/C33H39FN2O5/c1-5-33(20-30(37)36(22-33)27-11-9-8-10-26(27)32(38)39-4)16-17-35-21-23-18-28(40-6-2)31(29(19-23)41-7-3)24-12-14-25(34)15-13-24/h8-15,18-19,35H,5-7,16-17,20-22H2,1-4H3/p+1. The smallest absolute Gasteiger partial charge is 0.339 e. The lowest BCUT2D eigenvalue weighted by Crippen LogP contribution is -2.83. The predicted octanol–water partition coefficient (Wildman–Crippen LogP) is 5.36. The lowest BCUT2D eigenvalue weighted by Gasteiger charge is -2.27. The summed E-state index contributed by atoms with van der Waals surface area (Å²) in [5.74, 6) is 0.710. The Morgan fingerprint density at radius 3 is 2.27 bits per heavy atom. The van der Waals surface area contributed by atoms with Gasteiger partial charge in [0.1, 0.15) is 23.9 Å². The fourth-order valence-corrected chi connectivity index (χ4v) is 5.57. The number of halogens is 1. The maximum atomic E-state index is 13.6. The van der Waals surface area contributed by atoms with Crippen molar-refractivity contribution >= 4 is 17.6 Å². The quantitative estimate of drug-likeness (QED) is 0.224. The molecule has 4 rings (SSSR count). The number of rotatable bonds is 13. The van der Waals surface area contributed by atoms with E-state index in [4.69, 9.17) is 14.2 Å². The Labute approximate surface area is 241 Å². The van der Waals surface area contributed by atoms with E-state index in [-0.39, 0.29) is 17.1 Å². The van der Waals surface area contributed by atoms with Gasteiger partial charge >= 0.3 is 5.97 Å². The van der Waals surface area contributed by atoms with Crippen LogP contribution in [0.25, 0.3) is 11.1 Å². The molecule has 1 aliphatic heterocycles. The second kappa shape index (κ2) is 13.6. The Hall–Kier alpha value is -3.91. The molecule has 41 heavy (non-hydrogen) atoms. The van der Waals surface area contributed by atoms with Crippen molar-refractivity contribution in [3.8, 4) is 22.6 Å². The van der Waals surface area contributed by atoms with E-state index in [1.54, 1.807) is 29.2 Å². The van der Waals surface area contributed by atoms with Gasteiger partial charge in [-0.2, -0.15) is 0 Å². The van der Waals surface area contributed by atoms with Crippen molar-refractivity contribution in [3.05, 3.63) is 77.6 Å². The maximum Gasteiger partial charge on any atom is 0.339 e. The van der Waals surface area contributed by atoms with Crippen molar-refractivity contribution in [3.63, 3.8) is 0 Å². The highest BCUT2D eigenvalue weighted by molar-refractivity contribution is 6.04. The molecule has 218 valence electrons. The normalized spacial score (nSPS) is 16.6. The van der Waals surface area contributed by atoms with Gasteiger partial charge in [-0.25, -0.2) is 9.18 Å². The average molecular weight is 564 g/mol. The minimum absolute atomic E-state index is 0.0299. The van der Waals surface area contributed by atoms with Crippen LogP contribution in [0.15, 0.2) is 60.7 Å². The van der Waals surface area contributed by atoms with Gasteiger partial charge in [-0.1, -0.05) is 31.2 Å². The second-order valence-corrected chi connectivity index (χ2v) is 10.4. The van der Waals surface area contributed by atoms with Crippen molar-refractivity contribution in [2.45, 2.75) is 46.6 Å². The van der Waals surface area contributed by atoms with E-state index >= 15 is 0 Å². The van der Waals surface area contributed by atoms with Crippen LogP contribution in [0.4, 0.5) is 10.1 Å². The lowest BCUT2D eigenvalue weighted by atomic mass is 9.81. The number of para-hydroxylation sites is 1. The molecule has 3 aromatic carbocycles. The number of ether oxygens (including phenoxy) is 3. The van der Waals surface area contributed by atoms with Crippen LogP contribution in [-0.2, 0) is 16.1 Å². The van der Waals surface area contributed by atoms with Crippen LogP contribution in [0.1, 0.15) is 56.0 Å². The van der Waals surface area contributed by atoms with Gasteiger partial charge in [0.05, 0.1) is 43.7 Å². The highest BCUT2D eigenvalue weighted by Gasteiger charge is 2.43. The lowest BCUT2D eigenvalue weighted by molar-refractivity contribution is -0.672. The van der Waals surface area contributed by atoms with Crippen molar-refractivity contribution in [1.82, 2.24) is 0 Å². The molecule has 3 aromatic rings. The summed E-state index contributed by atoms with van der Waals surface area (Å²) in [4.78, 5) is 27.2. The third-order valence-corrected chi connectivity index (χ3v) is 7.79. The first-order valence-electron chi connectivity index (χ1n) is 14.3. The summed E-state index contributed by atoms with van der Waals surface area (Å²) in [6.45, 7) is 9.11. The Morgan fingerprint density at radius 1 is 1.00 bits per heavy atom. The van der Waals surface area contributed by atoms with Crippen LogP contribution < -0.4 is 19.7 Å². The minimum atomic E-state index is -0.445. The summed E-state index contributed by atoms with van der Waals surface area (Å²) in [7, 11) is 1.35. The highest BCUT2D eigenvalue weighted by atomic mass is 19.1. The van der Waals surface area contributed by atoms with Gasteiger partial charge in [-0.15, -0.1) is 0 Å². The van der Waals surface area contributed by atoms with Crippen LogP contribution in [0, 0.1) is 11.2 Å². The molecule has 1 atom stereocenters. The second-order valence-electron chi connectivity index (χ2n) is 10.4. The third-order valence-electron chi connectivity index (χ3n) is 7.79. The molecule has 1 fully saturated rings. The predicted molar refractivity (Wildman–Crippen MR) is 157 cm³/mol. The first kappa shape index (κ1) is 30.1. The van der Waals surface area contributed by atoms with E-state index in [9.17, 15) is 14.0 Å². The number of nitrogens with zero attached hydrogens (tertiary/aromatic N) is 1. The zero-order valence-corrected chi connectivity index (χ0v) is 24.4. The first-order chi connectivity index (χ1) is 19.8. The number of esters is 1. The third kappa shape index (κ3) is 6.88. The summed E-state index contributed by atoms with van der Waals surface area (Å²) in [5.41, 5.74) is 3.56. The number of methoxy groups -OCH3 is 1. The summed E-state index contributed by atoms with van der Waals surface area (Å²) in [6.07, 6.45) is 2.16.